The number of carbonyl (C=O) groups is 2. The van der Waals surface area contributed by atoms with Crippen molar-refractivity contribution in [3.8, 4) is 11.5 Å². The van der Waals surface area contributed by atoms with Gasteiger partial charge in [-0.15, -0.1) is 0 Å². The van der Waals surface area contributed by atoms with Crippen LogP contribution in [0.5, 0.6) is 11.5 Å². The molecule has 0 saturated carbocycles. The lowest BCUT2D eigenvalue weighted by Crippen LogP contribution is -2.51. The fourth-order valence-corrected chi connectivity index (χ4v) is 5.57. The summed E-state index contributed by atoms with van der Waals surface area (Å²) >= 11 is 0. The average Bonchev–Trinajstić information content (AvgIpc) is 2.96. The van der Waals surface area contributed by atoms with Gasteiger partial charge in [-0.25, -0.2) is 12.8 Å². The van der Waals surface area contributed by atoms with Crippen molar-refractivity contribution in [1.29, 1.82) is 0 Å². The number of ether oxygens (including phenoxy) is 2. The molecule has 3 aromatic carbocycles. The van der Waals surface area contributed by atoms with Crippen LogP contribution in [0.25, 0.3) is 0 Å². The first-order chi connectivity index (χ1) is 19.1. The lowest BCUT2D eigenvalue weighted by atomic mass is 10.1. The van der Waals surface area contributed by atoms with E-state index in [0.717, 1.165) is 34.1 Å². The Kier molecular flexibility index (Phi) is 10.5. The Bertz CT molecular complexity index is 1380. The number of likely N-dealkylation sites (N-methyl/N-ethyl adjacent to an activating group) is 1. The molecule has 0 spiro atoms. The van der Waals surface area contributed by atoms with E-state index < -0.39 is 34.3 Å². The molecule has 3 rings (SSSR count). The zero-order valence-electron chi connectivity index (χ0n) is 23.0. The van der Waals surface area contributed by atoms with Crippen molar-refractivity contribution in [1.82, 2.24) is 10.2 Å². The normalized spacial score (nSPS) is 11.8. The molecule has 11 heteroatoms. The second-order valence-corrected chi connectivity index (χ2v) is 10.7. The van der Waals surface area contributed by atoms with E-state index in [2.05, 4.69) is 5.32 Å². The summed E-state index contributed by atoms with van der Waals surface area (Å²) in [7, 11) is -1.28. The van der Waals surface area contributed by atoms with E-state index in [4.69, 9.17) is 9.47 Å². The molecule has 9 nitrogen and oxygen atoms in total. The third kappa shape index (κ3) is 7.29. The van der Waals surface area contributed by atoms with Gasteiger partial charge in [0, 0.05) is 13.6 Å². The predicted octanol–water partition coefficient (Wildman–Crippen LogP) is 3.98. The molecule has 40 heavy (non-hydrogen) atoms. The summed E-state index contributed by atoms with van der Waals surface area (Å²) in [4.78, 5) is 27.9. The van der Waals surface area contributed by atoms with Gasteiger partial charge in [0.05, 0.1) is 24.3 Å². The zero-order chi connectivity index (χ0) is 29.3. The highest BCUT2D eigenvalue weighted by molar-refractivity contribution is 7.92. The lowest BCUT2D eigenvalue weighted by Gasteiger charge is -2.33. The average molecular weight is 572 g/mol. The largest absolute Gasteiger partial charge is 0.497 e. The van der Waals surface area contributed by atoms with Gasteiger partial charge in [0.1, 0.15) is 29.9 Å². The van der Waals surface area contributed by atoms with Gasteiger partial charge in [0.15, 0.2) is 0 Å². The summed E-state index contributed by atoms with van der Waals surface area (Å²) in [5.74, 6) is -0.399. The van der Waals surface area contributed by atoms with Crippen molar-refractivity contribution in [2.75, 3.05) is 31.6 Å². The second-order valence-electron chi connectivity index (χ2n) is 8.80. The van der Waals surface area contributed by atoms with Crippen LogP contribution >= 0.6 is 0 Å². The van der Waals surface area contributed by atoms with Crippen LogP contribution in [0.1, 0.15) is 25.8 Å². The van der Waals surface area contributed by atoms with E-state index in [1.165, 1.54) is 24.1 Å². The van der Waals surface area contributed by atoms with Gasteiger partial charge in [0.2, 0.25) is 11.8 Å². The Hall–Kier alpha value is -4.12. The number of hydrogen-bond donors (Lipinski definition) is 1. The van der Waals surface area contributed by atoms with Crippen LogP contribution in [0.4, 0.5) is 10.1 Å². The topological polar surface area (TPSA) is 105 Å². The minimum atomic E-state index is -4.30. The second kappa shape index (κ2) is 13.8. The molecule has 0 aliphatic carbocycles. The summed E-state index contributed by atoms with van der Waals surface area (Å²) in [6, 6.07) is 16.8. The number of sulfonamides is 1. The molecule has 0 unspecified atom stereocenters. The minimum absolute atomic E-state index is 0.0580. The van der Waals surface area contributed by atoms with Crippen LogP contribution in [0.2, 0.25) is 0 Å². The van der Waals surface area contributed by atoms with Gasteiger partial charge in [-0.3, -0.25) is 13.9 Å². The Balaban J connectivity index is 2.04. The number of nitrogens with zero attached hydrogens (tertiary/aromatic N) is 2. The number of rotatable bonds is 13. The van der Waals surface area contributed by atoms with Crippen LogP contribution in [-0.4, -0.2) is 58.5 Å². The molecule has 1 atom stereocenters. The maximum absolute atomic E-state index is 13.9. The minimum Gasteiger partial charge on any atom is -0.497 e. The molecule has 0 fully saturated rings. The number of carbonyl (C=O) groups excluding carboxylic acids is 2. The fraction of sp³-hybridized carbons (Fsp3) is 0.310. The Morgan fingerprint density at radius 1 is 0.925 bits per heavy atom. The van der Waals surface area contributed by atoms with Gasteiger partial charge in [-0.05, 0) is 79.6 Å². The van der Waals surface area contributed by atoms with Crippen molar-refractivity contribution >= 4 is 27.5 Å². The van der Waals surface area contributed by atoms with Gasteiger partial charge < -0.3 is 19.7 Å². The van der Waals surface area contributed by atoms with Gasteiger partial charge >= 0.3 is 0 Å². The Morgan fingerprint density at radius 2 is 1.52 bits per heavy atom. The number of benzene rings is 3. The molecule has 0 radical (unpaired) electrons. The molecule has 2 amide bonds. The molecule has 0 aliphatic rings. The van der Waals surface area contributed by atoms with E-state index in [1.807, 2.05) is 6.92 Å². The molecule has 0 saturated heterocycles. The highest BCUT2D eigenvalue weighted by Gasteiger charge is 2.33. The Morgan fingerprint density at radius 3 is 2.05 bits per heavy atom. The first-order valence-electron chi connectivity index (χ1n) is 12.8. The summed E-state index contributed by atoms with van der Waals surface area (Å²) < 4.78 is 52.8. The van der Waals surface area contributed by atoms with Crippen molar-refractivity contribution in [2.45, 2.75) is 37.8 Å². The van der Waals surface area contributed by atoms with Crippen LogP contribution in [0.3, 0.4) is 0 Å². The van der Waals surface area contributed by atoms with E-state index >= 15 is 0 Å². The number of methoxy groups -OCH3 is 1. The Labute approximate surface area is 234 Å². The van der Waals surface area contributed by atoms with Crippen LogP contribution in [0.15, 0.2) is 77.7 Å². The quantitative estimate of drug-likeness (QED) is 0.333. The smallest absolute Gasteiger partial charge is 0.264 e. The number of amides is 2. The van der Waals surface area contributed by atoms with E-state index in [9.17, 15) is 22.4 Å². The van der Waals surface area contributed by atoms with Crippen LogP contribution in [-0.2, 0) is 26.2 Å². The van der Waals surface area contributed by atoms with Gasteiger partial charge in [-0.1, -0.05) is 19.1 Å². The third-order valence-corrected chi connectivity index (χ3v) is 8.05. The van der Waals surface area contributed by atoms with Crippen molar-refractivity contribution in [3.63, 3.8) is 0 Å². The number of hydrogen-bond acceptors (Lipinski definition) is 6. The zero-order valence-corrected chi connectivity index (χ0v) is 23.8. The monoisotopic (exact) mass is 571 g/mol. The maximum atomic E-state index is 13.9. The lowest BCUT2D eigenvalue weighted by molar-refractivity contribution is -0.140. The molecule has 3 aromatic rings. The van der Waals surface area contributed by atoms with Crippen LogP contribution < -0.4 is 19.1 Å². The van der Waals surface area contributed by atoms with Gasteiger partial charge in [0.25, 0.3) is 10.0 Å². The molecule has 0 aliphatic heterocycles. The molecular formula is C29H34FN3O6S. The first kappa shape index (κ1) is 30.4. The SMILES string of the molecule is CCOc1ccc(N(CC(=O)N(Cc2ccc(OC)cc2)[C@@H](CC)C(=O)NC)S(=O)(=O)c2ccc(F)cc2)cc1. The number of nitrogens with one attached hydrogen (secondary N) is 1. The standard InChI is InChI=1S/C29H34FN3O6S/c1-5-27(29(35)31-3)32(19-21-7-13-24(38-4)14-8-21)28(34)20-33(23-11-15-25(16-12-23)39-6-2)40(36,37)26-17-9-22(30)10-18-26/h7-18,27H,5-6,19-20H2,1-4H3,(H,31,35)/t27-/m0/s1. The van der Waals surface area contributed by atoms with Crippen LogP contribution in [0, 0.1) is 5.82 Å². The third-order valence-electron chi connectivity index (χ3n) is 6.26. The summed E-state index contributed by atoms with van der Waals surface area (Å²) in [6.07, 6.45) is 0.301. The molecule has 1 N–H and O–H groups in total. The molecular weight excluding hydrogens is 537 g/mol. The summed E-state index contributed by atoms with van der Waals surface area (Å²) in [5, 5.41) is 2.59. The van der Waals surface area contributed by atoms with Crippen molar-refractivity contribution in [3.05, 3.63) is 84.2 Å². The maximum Gasteiger partial charge on any atom is 0.264 e. The molecule has 214 valence electrons. The highest BCUT2D eigenvalue weighted by Crippen LogP contribution is 2.27. The summed E-state index contributed by atoms with van der Waals surface area (Å²) in [5.41, 5.74) is 0.934. The van der Waals surface area contributed by atoms with E-state index in [0.29, 0.717) is 24.5 Å². The number of halogens is 1. The van der Waals surface area contributed by atoms with Crippen molar-refractivity contribution < 1.29 is 31.9 Å². The van der Waals surface area contributed by atoms with Gasteiger partial charge in [-0.2, -0.15) is 0 Å². The molecule has 0 bridgehead atoms. The fourth-order valence-electron chi connectivity index (χ4n) is 4.15. The summed E-state index contributed by atoms with van der Waals surface area (Å²) in [6.45, 7) is 3.48. The number of anilines is 1. The van der Waals surface area contributed by atoms with Crippen molar-refractivity contribution in [2.24, 2.45) is 0 Å². The van der Waals surface area contributed by atoms with E-state index in [1.54, 1.807) is 50.4 Å². The molecule has 0 heterocycles. The van der Waals surface area contributed by atoms with E-state index in [-0.39, 0.29) is 23.0 Å². The predicted molar refractivity (Wildman–Crippen MR) is 150 cm³/mol. The first-order valence-corrected chi connectivity index (χ1v) is 14.2. The molecule has 0 aromatic heterocycles. The highest BCUT2D eigenvalue weighted by atomic mass is 32.2.